The third-order valence-electron chi connectivity index (χ3n) is 6.25. The molecule has 2 N–H and O–H groups in total. The maximum atomic E-state index is 13.0. The standard InChI is InChI=1S/C24H18F3NO3/c25-24(26,27)15-8-6-14(7-9-15)23(11-12-23)21-20(29)18(22(30)31)17-10-5-13-3-1-2-4-16(13)19(17)28-21/h5-12,29H,1-4H2,(H,30,31). The lowest BCUT2D eigenvalue weighted by atomic mass is 9.84. The second-order valence-corrected chi connectivity index (χ2v) is 8.07. The molecule has 0 atom stereocenters. The second kappa shape index (κ2) is 6.57. The van der Waals surface area contributed by atoms with Crippen LogP contribution in [0.1, 0.15) is 51.1 Å². The Morgan fingerprint density at radius 3 is 2.29 bits per heavy atom. The molecule has 4 nitrogen and oxygen atoms in total. The molecule has 158 valence electrons. The van der Waals surface area contributed by atoms with Crippen molar-refractivity contribution in [3.05, 3.63) is 82.1 Å². The van der Waals surface area contributed by atoms with Gasteiger partial charge in [0, 0.05) is 5.39 Å². The second-order valence-electron chi connectivity index (χ2n) is 8.07. The highest BCUT2D eigenvalue weighted by atomic mass is 19.4. The minimum absolute atomic E-state index is 0.135. The first-order chi connectivity index (χ1) is 14.7. The van der Waals surface area contributed by atoms with Crippen molar-refractivity contribution in [1.82, 2.24) is 4.98 Å². The highest BCUT2D eigenvalue weighted by molar-refractivity contribution is 6.06. The van der Waals surface area contributed by atoms with Gasteiger partial charge in [0.05, 0.1) is 16.5 Å². The molecule has 0 saturated heterocycles. The molecule has 0 radical (unpaired) electrons. The van der Waals surface area contributed by atoms with Gasteiger partial charge < -0.3 is 10.2 Å². The molecule has 3 aromatic rings. The van der Waals surface area contributed by atoms with Gasteiger partial charge in [-0.3, -0.25) is 0 Å². The molecule has 2 aromatic carbocycles. The van der Waals surface area contributed by atoms with E-state index in [2.05, 4.69) is 0 Å². The van der Waals surface area contributed by atoms with Gasteiger partial charge in [-0.2, -0.15) is 13.2 Å². The van der Waals surface area contributed by atoms with Crippen LogP contribution >= 0.6 is 0 Å². The SMILES string of the molecule is O=C(O)c1c(O)c(C2(c3ccc(C(F)(F)F)cc3)C=C2)nc2c3c(ccc12)CCCC3. The number of halogens is 3. The van der Waals surface area contributed by atoms with Gasteiger partial charge in [-0.15, -0.1) is 0 Å². The Kier molecular flexibility index (Phi) is 4.16. The molecule has 0 aliphatic heterocycles. The minimum atomic E-state index is -4.46. The Hall–Kier alpha value is -3.35. The van der Waals surface area contributed by atoms with E-state index in [4.69, 9.17) is 4.98 Å². The Bertz CT molecular complexity index is 1250. The third-order valence-corrected chi connectivity index (χ3v) is 6.25. The van der Waals surface area contributed by atoms with Crippen LogP contribution in [0.3, 0.4) is 0 Å². The van der Waals surface area contributed by atoms with E-state index in [0.29, 0.717) is 16.5 Å². The highest BCUT2D eigenvalue weighted by Crippen LogP contribution is 2.50. The maximum Gasteiger partial charge on any atom is 0.416 e. The molecule has 31 heavy (non-hydrogen) atoms. The number of aromatic nitrogens is 1. The summed E-state index contributed by atoms with van der Waals surface area (Å²) in [5, 5.41) is 21.1. The predicted octanol–water partition coefficient (Wildman–Crippen LogP) is 5.39. The summed E-state index contributed by atoms with van der Waals surface area (Å²) in [6.45, 7) is 0. The lowest BCUT2D eigenvalue weighted by molar-refractivity contribution is -0.137. The highest BCUT2D eigenvalue weighted by Gasteiger charge is 2.44. The van der Waals surface area contributed by atoms with E-state index in [1.165, 1.54) is 12.1 Å². The van der Waals surface area contributed by atoms with Crippen LogP contribution in [0.5, 0.6) is 5.75 Å². The summed E-state index contributed by atoms with van der Waals surface area (Å²) < 4.78 is 38.9. The van der Waals surface area contributed by atoms with E-state index in [1.54, 1.807) is 18.2 Å². The lowest BCUT2D eigenvalue weighted by Gasteiger charge is -2.23. The van der Waals surface area contributed by atoms with Crippen molar-refractivity contribution < 1.29 is 28.2 Å². The number of rotatable bonds is 3. The number of benzene rings is 2. The van der Waals surface area contributed by atoms with Crippen molar-refractivity contribution in [3.8, 4) is 5.75 Å². The van der Waals surface area contributed by atoms with Gasteiger partial charge >= 0.3 is 12.1 Å². The number of carboxylic acid groups (broad SMARTS) is 1. The summed E-state index contributed by atoms with van der Waals surface area (Å²) in [6, 6.07) is 8.23. The number of carbonyl (C=O) groups is 1. The molecule has 0 spiro atoms. The molecule has 7 heteroatoms. The topological polar surface area (TPSA) is 70.4 Å². The molecular weight excluding hydrogens is 407 g/mol. The van der Waals surface area contributed by atoms with Crippen LogP contribution < -0.4 is 0 Å². The van der Waals surface area contributed by atoms with Crippen LogP contribution in [0.15, 0.2) is 48.6 Å². The van der Waals surface area contributed by atoms with Gasteiger partial charge in [0.15, 0.2) is 5.75 Å². The molecule has 0 amide bonds. The fourth-order valence-corrected chi connectivity index (χ4v) is 4.56. The van der Waals surface area contributed by atoms with Gasteiger partial charge in [-0.1, -0.05) is 36.4 Å². The van der Waals surface area contributed by atoms with Gasteiger partial charge in [-0.05, 0) is 54.5 Å². The molecule has 0 bridgehead atoms. The predicted molar refractivity (Wildman–Crippen MR) is 108 cm³/mol. The molecular formula is C24H18F3NO3. The molecule has 2 aliphatic rings. The number of aryl methyl sites for hydroxylation is 2. The van der Waals surface area contributed by atoms with Crippen molar-refractivity contribution in [2.75, 3.05) is 0 Å². The summed E-state index contributed by atoms with van der Waals surface area (Å²) in [5.74, 6) is -1.73. The van der Waals surface area contributed by atoms with Crippen LogP contribution in [0.4, 0.5) is 13.2 Å². The Morgan fingerprint density at radius 2 is 1.68 bits per heavy atom. The summed E-state index contributed by atoms with van der Waals surface area (Å²) in [4.78, 5) is 16.8. The zero-order valence-electron chi connectivity index (χ0n) is 16.3. The first kappa shape index (κ1) is 19.6. The summed E-state index contributed by atoms with van der Waals surface area (Å²) in [7, 11) is 0. The number of pyridine rings is 1. The maximum absolute atomic E-state index is 13.0. The minimum Gasteiger partial charge on any atom is -0.505 e. The molecule has 0 fully saturated rings. The lowest BCUT2D eigenvalue weighted by Crippen LogP contribution is -2.17. The van der Waals surface area contributed by atoms with Gasteiger partial charge in [0.25, 0.3) is 0 Å². The fraction of sp³-hybridized carbons (Fsp3) is 0.250. The summed E-state index contributed by atoms with van der Waals surface area (Å²) in [5.41, 5.74) is 1.24. The first-order valence-electron chi connectivity index (χ1n) is 10.0. The molecule has 1 heterocycles. The van der Waals surface area contributed by atoms with Gasteiger partial charge in [0.1, 0.15) is 11.3 Å². The van der Waals surface area contributed by atoms with E-state index in [9.17, 15) is 28.2 Å². The van der Waals surface area contributed by atoms with Crippen molar-refractivity contribution >= 4 is 16.9 Å². The average Bonchev–Trinajstić information content (AvgIpc) is 3.54. The summed E-state index contributed by atoms with van der Waals surface area (Å²) >= 11 is 0. The quantitative estimate of drug-likeness (QED) is 0.552. The van der Waals surface area contributed by atoms with Crippen molar-refractivity contribution in [1.29, 1.82) is 0 Å². The number of allylic oxidation sites excluding steroid dienone is 2. The zero-order chi connectivity index (χ0) is 22.0. The van der Waals surface area contributed by atoms with Gasteiger partial charge in [-0.25, -0.2) is 9.78 Å². The number of fused-ring (bicyclic) bond motifs is 3. The third kappa shape index (κ3) is 2.99. The average molecular weight is 425 g/mol. The number of nitrogens with zero attached hydrogens (tertiary/aromatic N) is 1. The van der Waals surface area contributed by atoms with E-state index >= 15 is 0 Å². The van der Waals surface area contributed by atoms with E-state index in [-0.39, 0.29) is 11.3 Å². The van der Waals surface area contributed by atoms with Crippen LogP contribution in [-0.4, -0.2) is 21.2 Å². The van der Waals surface area contributed by atoms with Crippen LogP contribution in [0.25, 0.3) is 10.9 Å². The smallest absolute Gasteiger partial charge is 0.416 e. The molecule has 1 aromatic heterocycles. The number of hydrogen-bond acceptors (Lipinski definition) is 3. The Balaban J connectivity index is 1.73. The van der Waals surface area contributed by atoms with Crippen LogP contribution in [-0.2, 0) is 24.4 Å². The van der Waals surface area contributed by atoms with E-state index in [1.807, 2.05) is 6.07 Å². The number of carboxylic acids is 1. The number of hydrogen-bond donors (Lipinski definition) is 2. The molecule has 0 unspecified atom stereocenters. The van der Waals surface area contributed by atoms with Crippen molar-refractivity contribution in [2.45, 2.75) is 37.3 Å². The molecule has 0 saturated carbocycles. The number of alkyl halides is 3. The summed E-state index contributed by atoms with van der Waals surface area (Å²) in [6.07, 6.45) is 2.63. The number of aromatic hydroxyl groups is 1. The fourth-order valence-electron chi connectivity index (χ4n) is 4.56. The zero-order valence-corrected chi connectivity index (χ0v) is 16.3. The van der Waals surface area contributed by atoms with E-state index < -0.39 is 28.9 Å². The largest absolute Gasteiger partial charge is 0.505 e. The van der Waals surface area contributed by atoms with Crippen LogP contribution in [0, 0.1) is 0 Å². The normalized spacial score (nSPS) is 16.9. The van der Waals surface area contributed by atoms with E-state index in [0.717, 1.165) is 48.9 Å². The van der Waals surface area contributed by atoms with Crippen molar-refractivity contribution in [2.24, 2.45) is 0 Å². The first-order valence-corrected chi connectivity index (χ1v) is 10.0. The molecule has 2 aliphatic carbocycles. The van der Waals surface area contributed by atoms with Crippen molar-refractivity contribution in [3.63, 3.8) is 0 Å². The Labute approximate surface area is 175 Å². The van der Waals surface area contributed by atoms with Crippen LogP contribution in [0.2, 0.25) is 0 Å². The monoisotopic (exact) mass is 425 g/mol. The number of aromatic carboxylic acids is 1. The van der Waals surface area contributed by atoms with Gasteiger partial charge in [0.2, 0.25) is 0 Å². The Morgan fingerprint density at radius 1 is 1.00 bits per heavy atom. The molecule has 5 rings (SSSR count).